The van der Waals surface area contributed by atoms with Gasteiger partial charge in [-0.05, 0) is 56.1 Å². The van der Waals surface area contributed by atoms with E-state index in [0.29, 0.717) is 9.75 Å². The number of carbonyl (C=O) groups is 2. The Bertz CT molecular complexity index is 787. The number of rotatable bonds is 6. The fourth-order valence-corrected chi connectivity index (χ4v) is 4.06. The smallest absolute Gasteiger partial charge is 0.261 e. The van der Waals surface area contributed by atoms with Gasteiger partial charge in [0, 0.05) is 19.1 Å². The number of Topliss-reactive ketones (excluding diaryl/α,β-unsaturated/α-hetero) is 1. The van der Waals surface area contributed by atoms with Crippen LogP contribution in [0.3, 0.4) is 0 Å². The summed E-state index contributed by atoms with van der Waals surface area (Å²) in [6, 6.07) is 11.7. The molecule has 0 saturated carbocycles. The van der Waals surface area contributed by atoms with Crippen LogP contribution in [0.15, 0.2) is 36.4 Å². The van der Waals surface area contributed by atoms with E-state index in [1.54, 1.807) is 19.2 Å². The normalized spacial score (nSPS) is 17.7. The average Bonchev–Trinajstić information content (AvgIpc) is 3.13. The Kier molecular flexibility index (Phi) is 6.06. The zero-order chi connectivity index (χ0) is 18.5. The first-order valence-electron chi connectivity index (χ1n) is 8.82. The second-order valence-electron chi connectivity index (χ2n) is 6.62. The number of hydrogen-bond acceptors (Lipinski definition) is 5. The van der Waals surface area contributed by atoms with Gasteiger partial charge in [0.25, 0.3) is 5.91 Å². The van der Waals surface area contributed by atoms with E-state index in [4.69, 9.17) is 4.74 Å². The van der Waals surface area contributed by atoms with Crippen LogP contribution >= 0.6 is 11.3 Å². The molecule has 0 aliphatic carbocycles. The Morgan fingerprint density at radius 1 is 1.27 bits per heavy atom. The SMILES string of the molecule is COc1cccc(CN2CCCC(NC(=O)c3ccc(C(C)=O)s3)C2)c1. The second-order valence-corrected chi connectivity index (χ2v) is 7.70. The van der Waals surface area contributed by atoms with Crippen LogP contribution in [0, 0.1) is 0 Å². The Morgan fingerprint density at radius 2 is 2.08 bits per heavy atom. The summed E-state index contributed by atoms with van der Waals surface area (Å²) in [5.74, 6) is 0.773. The third-order valence-electron chi connectivity index (χ3n) is 4.56. The molecule has 2 heterocycles. The second kappa shape index (κ2) is 8.47. The lowest BCUT2D eigenvalue weighted by atomic mass is 10.0. The number of carbonyl (C=O) groups excluding carboxylic acids is 2. The number of nitrogens with zero attached hydrogens (tertiary/aromatic N) is 1. The molecular formula is C20H24N2O3S. The number of methoxy groups -OCH3 is 1. The molecule has 0 bridgehead atoms. The van der Waals surface area contributed by atoms with E-state index in [1.807, 2.05) is 12.1 Å². The van der Waals surface area contributed by atoms with E-state index in [1.165, 1.54) is 23.8 Å². The molecule has 0 spiro atoms. The van der Waals surface area contributed by atoms with Crippen molar-refractivity contribution in [3.05, 3.63) is 51.7 Å². The Balaban J connectivity index is 1.57. The minimum atomic E-state index is -0.0873. The molecule has 3 rings (SSSR count). The van der Waals surface area contributed by atoms with Crippen LogP contribution in [0.2, 0.25) is 0 Å². The molecule has 1 aliphatic heterocycles. The first kappa shape index (κ1) is 18.6. The van der Waals surface area contributed by atoms with Crippen LogP contribution < -0.4 is 10.1 Å². The molecular weight excluding hydrogens is 348 g/mol. The molecule has 1 atom stereocenters. The zero-order valence-corrected chi connectivity index (χ0v) is 16.0. The lowest BCUT2D eigenvalue weighted by Gasteiger charge is -2.33. The number of benzene rings is 1. The van der Waals surface area contributed by atoms with E-state index in [2.05, 4.69) is 22.3 Å². The third kappa shape index (κ3) is 4.71. The molecule has 26 heavy (non-hydrogen) atoms. The fourth-order valence-electron chi connectivity index (χ4n) is 3.25. The lowest BCUT2D eigenvalue weighted by Crippen LogP contribution is -2.47. The van der Waals surface area contributed by atoms with E-state index < -0.39 is 0 Å². The van der Waals surface area contributed by atoms with Gasteiger partial charge in [-0.3, -0.25) is 14.5 Å². The number of nitrogens with one attached hydrogen (secondary N) is 1. The molecule has 1 aromatic heterocycles. The van der Waals surface area contributed by atoms with Crippen LogP contribution in [0.5, 0.6) is 5.75 Å². The highest BCUT2D eigenvalue weighted by molar-refractivity contribution is 7.15. The number of amides is 1. The average molecular weight is 372 g/mol. The molecule has 1 fully saturated rings. The van der Waals surface area contributed by atoms with E-state index in [0.717, 1.165) is 38.2 Å². The minimum absolute atomic E-state index is 0.00354. The first-order valence-corrected chi connectivity index (χ1v) is 9.63. The fraction of sp³-hybridized carbons (Fsp3) is 0.400. The van der Waals surface area contributed by atoms with Gasteiger partial charge in [0.05, 0.1) is 16.9 Å². The maximum atomic E-state index is 12.5. The van der Waals surface area contributed by atoms with Gasteiger partial charge in [0.15, 0.2) is 5.78 Å². The Hall–Kier alpha value is -2.18. The number of likely N-dealkylation sites (tertiary alicyclic amines) is 1. The molecule has 1 amide bonds. The summed E-state index contributed by atoms with van der Waals surface area (Å²) in [6.45, 7) is 4.22. The van der Waals surface area contributed by atoms with E-state index >= 15 is 0 Å². The topological polar surface area (TPSA) is 58.6 Å². The van der Waals surface area contributed by atoms with Crippen LogP contribution in [0.4, 0.5) is 0 Å². The van der Waals surface area contributed by atoms with Crippen molar-refractivity contribution in [3.63, 3.8) is 0 Å². The quantitative estimate of drug-likeness (QED) is 0.790. The van der Waals surface area contributed by atoms with Crippen molar-refractivity contribution in [3.8, 4) is 5.75 Å². The Labute approximate surface area is 158 Å². The van der Waals surface area contributed by atoms with Crippen LogP contribution in [0.25, 0.3) is 0 Å². The first-order chi connectivity index (χ1) is 12.5. The molecule has 0 radical (unpaired) electrons. The van der Waals surface area contributed by atoms with Crippen molar-refractivity contribution in [2.45, 2.75) is 32.4 Å². The van der Waals surface area contributed by atoms with Gasteiger partial charge < -0.3 is 10.1 Å². The summed E-state index contributed by atoms with van der Waals surface area (Å²) in [4.78, 5) is 27.4. The van der Waals surface area contributed by atoms with E-state index in [9.17, 15) is 9.59 Å². The summed E-state index contributed by atoms with van der Waals surface area (Å²) in [5, 5.41) is 3.12. The van der Waals surface area contributed by atoms with Gasteiger partial charge in [-0.1, -0.05) is 12.1 Å². The highest BCUT2D eigenvalue weighted by atomic mass is 32.1. The monoisotopic (exact) mass is 372 g/mol. The standard InChI is InChI=1S/C20H24N2O3S/c1-14(23)18-8-9-19(26-18)20(24)21-16-6-4-10-22(13-16)12-15-5-3-7-17(11-15)25-2/h3,5,7-9,11,16H,4,6,10,12-13H2,1-2H3,(H,21,24). The summed E-state index contributed by atoms with van der Waals surface area (Å²) < 4.78 is 5.29. The molecule has 1 N–H and O–H groups in total. The lowest BCUT2D eigenvalue weighted by molar-refractivity contribution is 0.0904. The largest absolute Gasteiger partial charge is 0.497 e. The van der Waals surface area contributed by atoms with Gasteiger partial charge >= 0.3 is 0 Å². The molecule has 1 unspecified atom stereocenters. The van der Waals surface area contributed by atoms with Gasteiger partial charge in [-0.2, -0.15) is 0 Å². The van der Waals surface area contributed by atoms with Crippen LogP contribution in [0.1, 0.15) is 44.7 Å². The highest BCUT2D eigenvalue weighted by Gasteiger charge is 2.22. The van der Waals surface area contributed by atoms with Gasteiger partial charge in [-0.15, -0.1) is 11.3 Å². The molecule has 1 aromatic carbocycles. The number of hydrogen-bond donors (Lipinski definition) is 1. The minimum Gasteiger partial charge on any atom is -0.497 e. The van der Waals surface area contributed by atoms with Gasteiger partial charge in [-0.25, -0.2) is 0 Å². The molecule has 1 aliphatic rings. The number of thiophene rings is 1. The summed E-state index contributed by atoms with van der Waals surface area (Å²) in [6.07, 6.45) is 2.03. The number of ether oxygens (including phenoxy) is 1. The van der Waals surface area contributed by atoms with E-state index in [-0.39, 0.29) is 17.7 Å². The van der Waals surface area contributed by atoms with Crippen LogP contribution in [-0.2, 0) is 6.54 Å². The van der Waals surface area contributed by atoms with Crippen molar-refractivity contribution in [1.29, 1.82) is 0 Å². The van der Waals surface area contributed by atoms with Crippen LogP contribution in [-0.4, -0.2) is 42.8 Å². The predicted octanol–water partition coefficient (Wildman–Crippen LogP) is 3.35. The maximum absolute atomic E-state index is 12.5. The molecule has 2 aromatic rings. The highest BCUT2D eigenvalue weighted by Crippen LogP contribution is 2.20. The molecule has 6 heteroatoms. The van der Waals surface area contributed by atoms with Crippen molar-refractivity contribution in [1.82, 2.24) is 10.2 Å². The summed E-state index contributed by atoms with van der Waals surface area (Å²) >= 11 is 1.26. The summed E-state index contributed by atoms with van der Waals surface area (Å²) in [7, 11) is 1.67. The number of ketones is 1. The maximum Gasteiger partial charge on any atom is 0.261 e. The predicted molar refractivity (Wildman–Crippen MR) is 103 cm³/mol. The van der Waals surface area contributed by atoms with Gasteiger partial charge in [0.1, 0.15) is 5.75 Å². The molecule has 138 valence electrons. The van der Waals surface area contributed by atoms with Crippen molar-refractivity contribution < 1.29 is 14.3 Å². The Morgan fingerprint density at radius 3 is 2.81 bits per heavy atom. The van der Waals surface area contributed by atoms with Crippen molar-refractivity contribution >= 4 is 23.0 Å². The summed E-state index contributed by atoms with van der Waals surface area (Å²) in [5.41, 5.74) is 1.21. The molecule has 1 saturated heterocycles. The van der Waals surface area contributed by atoms with Gasteiger partial charge in [0.2, 0.25) is 0 Å². The zero-order valence-electron chi connectivity index (χ0n) is 15.2. The third-order valence-corrected chi connectivity index (χ3v) is 5.74. The number of piperidine rings is 1. The molecule has 5 nitrogen and oxygen atoms in total. The van der Waals surface area contributed by atoms with Crippen molar-refractivity contribution in [2.75, 3.05) is 20.2 Å². The van der Waals surface area contributed by atoms with Crippen molar-refractivity contribution in [2.24, 2.45) is 0 Å².